The molecule has 1 aliphatic heterocycles. The molecule has 18 heavy (non-hydrogen) atoms. The van der Waals surface area contributed by atoms with E-state index in [1.165, 1.54) is 0 Å². The van der Waals surface area contributed by atoms with Crippen molar-refractivity contribution in [2.24, 2.45) is 0 Å². The van der Waals surface area contributed by atoms with Gasteiger partial charge in [-0.3, -0.25) is 9.59 Å². The molecule has 0 unspecified atom stereocenters. The zero-order chi connectivity index (χ0) is 13.3. The lowest BCUT2D eigenvalue weighted by atomic mass is 9.96. The Morgan fingerprint density at radius 2 is 1.50 bits per heavy atom. The summed E-state index contributed by atoms with van der Waals surface area (Å²) >= 11 is 0. The molecular weight excluding hydrogens is 226 g/mol. The van der Waals surface area contributed by atoms with Gasteiger partial charge in [-0.1, -0.05) is 17.7 Å². The summed E-state index contributed by atoms with van der Waals surface area (Å²) in [6.07, 6.45) is 2.01. The van der Waals surface area contributed by atoms with E-state index in [1.807, 2.05) is 32.9 Å². The smallest absolute Gasteiger partial charge is 0.294 e. The van der Waals surface area contributed by atoms with E-state index in [9.17, 15) is 9.59 Å². The molecule has 96 valence electrons. The second kappa shape index (κ2) is 4.92. The first-order chi connectivity index (χ1) is 8.50. The van der Waals surface area contributed by atoms with Crippen molar-refractivity contribution in [1.29, 1.82) is 0 Å². The Morgan fingerprint density at radius 1 is 1.00 bits per heavy atom. The lowest BCUT2D eigenvalue weighted by Gasteiger charge is -2.16. The van der Waals surface area contributed by atoms with Crippen molar-refractivity contribution in [1.82, 2.24) is 4.90 Å². The van der Waals surface area contributed by atoms with Crippen LogP contribution in [0.5, 0.6) is 0 Å². The third-order valence-corrected chi connectivity index (χ3v) is 3.49. The van der Waals surface area contributed by atoms with Gasteiger partial charge in [0.2, 0.25) is 0 Å². The van der Waals surface area contributed by atoms with Crippen LogP contribution in [-0.2, 0) is 4.79 Å². The van der Waals surface area contributed by atoms with Crippen molar-refractivity contribution < 1.29 is 9.59 Å². The SMILES string of the molecule is Cc1cc(C)c(C(=O)C(=O)N2CCCC2)c(C)c1. The van der Waals surface area contributed by atoms with E-state index < -0.39 is 0 Å². The van der Waals surface area contributed by atoms with Gasteiger partial charge in [-0.25, -0.2) is 0 Å². The van der Waals surface area contributed by atoms with Crippen LogP contribution in [-0.4, -0.2) is 29.7 Å². The van der Waals surface area contributed by atoms with E-state index in [4.69, 9.17) is 0 Å². The molecule has 0 N–H and O–H groups in total. The van der Waals surface area contributed by atoms with E-state index in [1.54, 1.807) is 4.90 Å². The van der Waals surface area contributed by atoms with Crippen LogP contribution >= 0.6 is 0 Å². The van der Waals surface area contributed by atoms with Gasteiger partial charge in [-0.2, -0.15) is 0 Å². The number of amides is 1. The van der Waals surface area contributed by atoms with Gasteiger partial charge < -0.3 is 4.90 Å². The number of Topliss-reactive ketones (excluding diaryl/α,β-unsaturated/α-hetero) is 1. The lowest BCUT2D eigenvalue weighted by Crippen LogP contribution is -2.34. The van der Waals surface area contributed by atoms with Crippen LogP contribution in [0.4, 0.5) is 0 Å². The predicted octanol–water partition coefficient (Wildman–Crippen LogP) is 2.42. The highest BCUT2D eigenvalue weighted by Crippen LogP contribution is 2.19. The van der Waals surface area contributed by atoms with Crippen LogP contribution < -0.4 is 0 Å². The van der Waals surface area contributed by atoms with Crippen molar-refractivity contribution in [2.75, 3.05) is 13.1 Å². The Labute approximate surface area is 108 Å². The van der Waals surface area contributed by atoms with Crippen molar-refractivity contribution in [3.63, 3.8) is 0 Å². The minimum atomic E-state index is -0.355. The van der Waals surface area contributed by atoms with E-state index >= 15 is 0 Å². The standard InChI is InChI=1S/C15H19NO2/c1-10-8-11(2)13(12(3)9-10)14(17)15(18)16-6-4-5-7-16/h8-9H,4-7H2,1-3H3. The fraction of sp³-hybridized carbons (Fsp3) is 0.467. The van der Waals surface area contributed by atoms with E-state index in [0.29, 0.717) is 18.7 Å². The molecule has 1 amide bonds. The Hall–Kier alpha value is -1.64. The molecule has 0 saturated carbocycles. The third kappa shape index (κ3) is 2.30. The number of carbonyl (C=O) groups excluding carboxylic acids is 2. The van der Waals surface area contributed by atoms with Crippen molar-refractivity contribution in [3.05, 3.63) is 34.4 Å². The Bertz CT molecular complexity index is 476. The minimum Gasteiger partial charge on any atom is -0.336 e. The lowest BCUT2D eigenvalue weighted by molar-refractivity contribution is -0.125. The van der Waals surface area contributed by atoms with Crippen molar-refractivity contribution in [2.45, 2.75) is 33.6 Å². The number of rotatable bonds is 2. The second-order valence-corrected chi connectivity index (χ2v) is 5.10. The zero-order valence-electron chi connectivity index (χ0n) is 11.2. The number of benzene rings is 1. The van der Waals surface area contributed by atoms with Crippen molar-refractivity contribution >= 4 is 11.7 Å². The zero-order valence-corrected chi connectivity index (χ0v) is 11.2. The molecule has 2 rings (SSSR count). The molecule has 1 aromatic rings. The highest BCUT2D eigenvalue weighted by atomic mass is 16.2. The monoisotopic (exact) mass is 245 g/mol. The first-order valence-corrected chi connectivity index (χ1v) is 6.42. The van der Waals surface area contributed by atoms with Crippen LogP contribution in [0.15, 0.2) is 12.1 Å². The van der Waals surface area contributed by atoms with E-state index in [-0.39, 0.29) is 11.7 Å². The molecular formula is C15H19NO2. The van der Waals surface area contributed by atoms with Crippen LogP contribution in [0.25, 0.3) is 0 Å². The van der Waals surface area contributed by atoms with Crippen LogP contribution in [0.3, 0.4) is 0 Å². The molecule has 0 aromatic heterocycles. The van der Waals surface area contributed by atoms with Crippen LogP contribution in [0.1, 0.15) is 39.9 Å². The molecule has 1 heterocycles. The van der Waals surface area contributed by atoms with Gasteiger partial charge in [0.05, 0.1) is 0 Å². The Kier molecular flexibility index (Phi) is 3.50. The summed E-state index contributed by atoms with van der Waals surface area (Å²) in [5, 5.41) is 0. The van der Waals surface area contributed by atoms with Gasteiger partial charge in [-0.15, -0.1) is 0 Å². The molecule has 1 aliphatic rings. The number of likely N-dealkylation sites (tertiary alicyclic amines) is 1. The average molecular weight is 245 g/mol. The van der Waals surface area contributed by atoms with Gasteiger partial charge in [0.15, 0.2) is 0 Å². The quantitative estimate of drug-likeness (QED) is 0.592. The summed E-state index contributed by atoms with van der Waals surface area (Å²) in [6, 6.07) is 3.91. The maximum atomic E-state index is 12.3. The van der Waals surface area contributed by atoms with Gasteiger partial charge in [-0.05, 0) is 44.7 Å². The Morgan fingerprint density at radius 3 is 2.00 bits per heavy atom. The summed E-state index contributed by atoms with van der Waals surface area (Å²) in [7, 11) is 0. The van der Waals surface area contributed by atoms with Crippen LogP contribution in [0.2, 0.25) is 0 Å². The number of nitrogens with zero attached hydrogens (tertiary/aromatic N) is 1. The molecule has 1 saturated heterocycles. The maximum Gasteiger partial charge on any atom is 0.294 e. The van der Waals surface area contributed by atoms with E-state index in [2.05, 4.69) is 0 Å². The summed E-state index contributed by atoms with van der Waals surface area (Å²) in [4.78, 5) is 26.1. The molecule has 0 radical (unpaired) electrons. The highest BCUT2D eigenvalue weighted by molar-refractivity contribution is 6.43. The molecule has 1 fully saturated rings. The fourth-order valence-corrected chi connectivity index (χ4v) is 2.71. The van der Waals surface area contributed by atoms with Gasteiger partial charge in [0.25, 0.3) is 11.7 Å². The third-order valence-electron chi connectivity index (χ3n) is 3.49. The minimum absolute atomic E-state index is 0.345. The van der Waals surface area contributed by atoms with Gasteiger partial charge >= 0.3 is 0 Å². The topological polar surface area (TPSA) is 37.4 Å². The predicted molar refractivity (Wildman–Crippen MR) is 70.8 cm³/mol. The fourth-order valence-electron chi connectivity index (χ4n) is 2.71. The van der Waals surface area contributed by atoms with E-state index in [0.717, 1.165) is 29.5 Å². The highest BCUT2D eigenvalue weighted by Gasteiger charge is 2.27. The number of aryl methyl sites for hydroxylation is 3. The van der Waals surface area contributed by atoms with Crippen molar-refractivity contribution in [3.8, 4) is 0 Å². The first kappa shape index (κ1) is 12.8. The van der Waals surface area contributed by atoms with Crippen LogP contribution in [0, 0.1) is 20.8 Å². The van der Waals surface area contributed by atoms with Gasteiger partial charge in [0, 0.05) is 18.7 Å². The first-order valence-electron chi connectivity index (χ1n) is 6.42. The van der Waals surface area contributed by atoms with Gasteiger partial charge in [0.1, 0.15) is 0 Å². The number of hydrogen-bond donors (Lipinski definition) is 0. The largest absolute Gasteiger partial charge is 0.336 e. The number of ketones is 1. The summed E-state index contributed by atoms with van der Waals surface area (Å²) in [6.45, 7) is 7.22. The Balaban J connectivity index is 2.31. The molecule has 0 aliphatic carbocycles. The molecule has 0 bridgehead atoms. The second-order valence-electron chi connectivity index (χ2n) is 5.10. The normalized spacial score (nSPS) is 14.9. The summed E-state index contributed by atoms with van der Waals surface area (Å²) < 4.78 is 0. The molecule has 3 heteroatoms. The number of carbonyl (C=O) groups is 2. The molecule has 1 aromatic carbocycles. The average Bonchev–Trinajstić information content (AvgIpc) is 2.79. The molecule has 0 spiro atoms. The molecule has 3 nitrogen and oxygen atoms in total. The molecule has 0 atom stereocenters. The summed E-state index contributed by atoms with van der Waals surface area (Å²) in [5.74, 6) is -0.700. The maximum absolute atomic E-state index is 12.3. The summed E-state index contributed by atoms with van der Waals surface area (Å²) in [5.41, 5.74) is 3.49. The number of hydrogen-bond acceptors (Lipinski definition) is 2.